The Morgan fingerprint density at radius 3 is 2.59 bits per heavy atom. The first kappa shape index (κ1) is 12.1. The molecule has 0 spiro atoms. The minimum Gasteiger partial charge on any atom is -0.381 e. The second-order valence-corrected chi connectivity index (χ2v) is 5.71. The molecule has 4 nitrogen and oxygen atoms in total. The van der Waals surface area contributed by atoms with Crippen molar-refractivity contribution < 1.29 is 4.92 Å². The van der Waals surface area contributed by atoms with Crippen molar-refractivity contribution >= 4 is 38.6 Å². The van der Waals surface area contributed by atoms with Crippen molar-refractivity contribution in [3.8, 4) is 0 Å². The van der Waals surface area contributed by atoms with E-state index in [9.17, 15) is 10.1 Å². The van der Waals surface area contributed by atoms with Crippen LogP contribution in [0.1, 0.15) is 5.56 Å². The molecule has 0 aliphatic rings. The molecule has 0 fully saturated rings. The van der Waals surface area contributed by atoms with Crippen LogP contribution in [0.25, 0.3) is 0 Å². The van der Waals surface area contributed by atoms with Crippen molar-refractivity contribution in [3.05, 3.63) is 55.2 Å². The van der Waals surface area contributed by atoms with Gasteiger partial charge in [0.2, 0.25) is 0 Å². The molecular weight excluding hydrogens is 304 g/mol. The van der Waals surface area contributed by atoms with Crippen LogP contribution in [0.15, 0.2) is 39.5 Å². The van der Waals surface area contributed by atoms with Gasteiger partial charge in [0.05, 0.1) is 8.71 Å². The normalized spacial score (nSPS) is 10.2. The van der Waals surface area contributed by atoms with E-state index in [-0.39, 0.29) is 5.69 Å². The molecule has 1 aromatic heterocycles. The molecule has 0 aliphatic carbocycles. The number of nitro groups is 1. The lowest BCUT2D eigenvalue weighted by atomic mass is 10.2. The van der Waals surface area contributed by atoms with E-state index in [1.165, 1.54) is 17.7 Å². The van der Waals surface area contributed by atoms with E-state index in [2.05, 4.69) is 26.6 Å². The fourth-order valence-corrected chi connectivity index (χ4v) is 2.55. The average molecular weight is 313 g/mol. The zero-order valence-corrected chi connectivity index (χ0v) is 11.1. The SMILES string of the molecule is O=[N+]([O-])c1ccc(NCc2csc(Br)c2)cc1. The van der Waals surface area contributed by atoms with Gasteiger partial charge in [-0.1, -0.05) is 0 Å². The number of nitrogens with one attached hydrogen (secondary N) is 1. The van der Waals surface area contributed by atoms with Crippen LogP contribution >= 0.6 is 27.3 Å². The lowest BCUT2D eigenvalue weighted by Gasteiger charge is -2.04. The highest BCUT2D eigenvalue weighted by atomic mass is 79.9. The van der Waals surface area contributed by atoms with Crippen LogP contribution in [-0.2, 0) is 6.54 Å². The number of rotatable bonds is 4. The quantitative estimate of drug-likeness (QED) is 0.685. The zero-order chi connectivity index (χ0) is 12.3. The van der Waals surface area contributed by atoms with Crippen molar-refractivity contribution in [3.63, 3.8) is 0 Å². The molecule has 0 atom stereocenters. The van der Waals surface area contributed by atoms with Crippen molar-refractivity contribution in [1.29, 1.82) is 0 Å². The topological polar surface area (TPSA) is 55.2 Å². The van der Waals surface area contributed by atoms with Gasteiger partial charge >= 0.3 is 0 Å². The smallest absolute Gasteiger partial charge is 0.269 e. The van der Waals surface area contributed by atoms with Gasteiger partial charge in [-0.05, 0) is 45.1 Å². The maximum Gasteiger partial charge on any atom is 0.269 e. The van der Waals surface area contributed by atoms with Crippen LogP contribution in [-0.4, -0.2) is 4.92 Å². The van der Waals surface area contributed by atoms with Gasteiger partial charge in [0.25, 0.3) is 5.69 Å². The summed E-state index contributed by atoms with van der Waals surface area (Å²) in [4.78, 5) is 10.1. The third-order valence-electron chi connectivity index (χ3n) is 2.20. The van der Waals surface area contributed by atoms with E-state index in [1.54, 1.807) is 23.5 Å². The van der Waals surface area contributed by atoms with E-state index < -0.39 is 4.92 Å². The molecule has 1 aromatic carbocycles. The number of hydrogen-bond donors (Lipinski definition) is 1. The Balaban J connectivity index is 1.97. The molecule has 88 valence electrons. The fourth-order valence-electron chi connectivity index (χ4n) is 1.34. The number of thiophene rings is 1. The second-order valence-electron chi connectivity index (χ2n) is 3.42. The van der Waals surface area contributed by atoms with Crippen molar-refractivity contribution in [2.45, 2.75) is 6.54 Å². The van der Waals surface area contributed by atoms with Crippen molar-refractivity contribution in [1.82, 2.24) is 0 Å². The number of nitrogens with zero attached hydrogens (tertiary/aromatic N) is 1. The number of hydrogen-bond acceptors (Lipinski definition) is 4. The predicted molar refractivity (Wildman–Crippen MR) is 72.4 cm³/mol. The first-order valence-electron chi connectivity index (χ1n) is 4.86. The van der Waals surface area contributed by atoms with E-state index in [0.717, 1.165) is 9.47 Å². The Labute approximate surface area is 111 Å². The highest BCUT2D eigenvalue weighted by Gasteiger charge is 2.03. The monoisotopic (exact) mass is 312 g/mol. The summed E-state index contributed by atoms with van der Waals surface area (Å²) < 4.78 is 1.10. The Bertz CT molecular complexity index is 525. The summed E-state index contributed by atoms with van der Waals surface area (Å²) in [7, 11) is 0. The summed E-state index contributed by atoms with van der Waals surface area (Å²) >= 11 is 5.03. The molecule has 0 saturated heterocycles. The fraction of sp³-hybridized carbons (Fsp3) is 0.0909. The Kier molecular flexibility index (Phi) is 3.75. The van der Waals surface area contributed by atoms with Crippen molar-refractivity contribution in [2.24, 2.45) is 0 Å². The number of nitro benzene ring substituents is 1. The first-order chi connectivity index (χ1) is 8.15. The lowest BCUT2D eigenvalue weighted by Crippen LogP contribution is -1.98. The number of benzene rings is 1. The zero-order valence-electron chi connectivity index (χ0n) is 8.72. The van der Waals surface area contributed by atoms with Crippen LogP contribution < -0.4 is 5.32 Å². The maximum absolute atomic E-state index is 10.5. The second kappa shape index (κ2) is 5.29. The summed E-state index contributed by atoms with van der Waals surface area (Å²) in [5, 5.41) is 15.7. The molecule has 1 N–H and O–H groups in total. The standard InChI is InChI=1S/C11H9BrN2O2S/c12-11-5-8(7-17-11)6-13-9-1-3-10(4-2-9)14(15)16/h1-5,7,13H,6H2. The minimum absolute atomic E-state index is 0.105. The Morgan fingerprint density at radius 2 is 2.06 bits per heavy atom. The highest BCUT2D eigenvalue weighted by Crippen LogP contribution is 2.22. The van der Waals surface area contributed by atoms with E-state index >= 15 is 0 Å². The highest BCUT2D eigenvalue weighted by molar-refractivity contribution is 9.11. The molecule has 17 heavy (non-hydrogen) atoms. The summed E-state index contributed by atoms with van der Waals surface area (Å²) in [6.07, 6.45) is 0. The van der Waals surface area contributed by atoms with Crippen LogP contribution in [0, 0.1) is 10.1 Å². The van der Waals surface area contributed by atoms with E-state index in [1.807, 2.05) is 6.07 Å². The molecule has 0 unspecified atom stereocenters. The van der Waals surface area contributed by atoms with Gasteiger partial charge in [-0.2, -0.15) is 0 Å². The number of anilines is 1. The van der Waals surface area contributed by atoms with Crippen molar-refractivity contribution in [2.75, 3.05) is 5.32 Å². The summed E-state index contributed by atoms with van der Waals surface area (Å²) in [6.45, 7) is 0.708. The summed E-state index contributed by atoms with van der Waals surface area (Å²) in [5.74, 6) is 0. The Hall–Kier alpha value is -1.40. The largest absolute Gasteiger partial charge is 0.381 e. The lowest BCUT2D eigenvalue weighted by molar-refractivity contribution is -0.384. The van der Waals surface area contributed by atoms with Gasteiger partial charge in [0.1, 0.15) is 0 Å². The summed E-state index contributed by atoms with van der Waals surface area (Å²) in [6, 6.07) is 8.44. The third kappa shape index (κ3) is 3.28. The van der Waals surface area contributed by atoms with Gasteiger partial charge in [-0.15, -0.1) is 11.3 Å². The van der Waals surface area contributed by atoms with E-state index in [4.69, 9.17) is 0 Å². The average Bonchev–Trinajstić information content (AvgIpc) is 2.73. The Morgan fingerprint density at radius 1 is 1.35 bits per heavy atom. The van der Waals surface area contributed by atoms with Crippen LogP contribution in [0.4, 0.5) is 11.4 Å². The predicted octanol–water partition coefficient (Wildman–Crippen LogP) is 4.03. The van der Waals surface area contributed by atoms with Gasteiger partial charge in [0.15, 0.2) is 0 Å². The van der Waals surface area contributed by atoms with Crippen LogP contribution in [0.3, 0.4) is 0 Å². The molecule has 2 aromatic rings. The van der Waals surface area contributed by atoms with Gasteiger partial charge in [0, 0.05) is 24.4 Å². The summed E-state index contributed by atoms with van der Waals surface area (Å²) in [5.41, 5.74) is 2.16. The van der Waals surface area contributed by atoms with Crippen LogP contribution in [0.2, 0.25) is 0 Å². The molecule has 0 saturated carbocycles. The molecule has 0 radical (unpaired) electrons. The van der Waals surface area contributed by atoms with Crippen LogP contribution in [0.5, 0.6) is 0 Å². The molecule has 6 heteroatoms. The molecule has 0 bridgehead atoms. The first-order valence-corrected chi connectivity index (χ1v) is 6.53. The van der Waals surface area contributed by atoms with E-state index in [0.29, 0.717) is 6.54 Å². The molecule has 2 rings (SSSR count). The van der Waals surface area contributed by atoms with Gasteiger partial charge in [-0.3, -0.25) is 10.1 Å². The molecule has 1 heterocycles. The maximum atomic E-state index is 10.5. The van der Waals surface area contributed by atoms with Gasteiger partial charge in [-0.25, -0.2) is 0 Å². The number of halogens is 1. The van der Waals surface area contributed by atoms with Gasteiger partial charge < -0.3 is 5.32 Å². The molecule has 0 aliphatic heterocycles. The third-order valence-corrected chi connectivity index (χ3v) is 3.75. The number of non-ortho nitro benzene ring substituents is 1. The molecule has 0 amide bonds. The minimum atomic E-state index is -0.403. The molecular formula is C11H9BrN2O2S.